The third-order valence-corrected chi connectivity index (χ3v) is 6.09. The van der Waals surface area contributed by atoms with Crippen LogP contribution in [0.1, 0.15) is 36.3 Å². The Kier molecular flexibility index (Phi) is 4.68. The molecule has 1 fully saturated rings. The van der Waals surface area contributed by atoms with Gasteiger partial charge in [0.1, 0.15) is 5.82 Å². The van der Waals surface area contributed by atoms with Crippen LogP contribution in [0.3, 0.4) is 0 Å². The fourth-order valence-electron chi connectivity index (χ4n) is 3.62. The van der Waals surface area contributed by atoms with Crippen molar-refractivity contribution in [2.24, 2.45) is 0 Å². The molecule has 1 saturated heterocycles. The summed E-state index contributed by atoms with van der Waals surface area (Å²) in [4.78, 5) is 28.6. The highest BCUT2D eigenvalue weighted by atomic mass is 32.1. The molecule has 3 heterocycles. The van der Waals surface area contributed by atoms with Crippen LogP contribution in [0.15, 0.2) is 30.3 Å². The van der Waals surface area contributed by atoms with E-state index in [0.29, 0.717) is 12.2 Å². The van der Waals surface area contributed by atoms with E-state index in [1.165, 1.54) is 5.56 Å². The maximum absolute atomic E-state index is 12.8. The Bertz CT molecular complexity index is 938. The molecule has 0 bridgehead atoms. The molecule has 0 radical (unpaired) electrons. The van der Waals surface area contributed by atoms with E-state index in [4.69, 9.17) is 4.98 Å². The van der Waals surface area contributed by atoms with Gasteiger partial charge < -0.3 is 4.90 Å². The normalized spacial score (nSPS) is 17.2. The summed E-state index contributed by atoms with van der Waals surface area (Å²) in [6, 6.07) is 10.1. The number of hydrogen-bond donors (Lipinski definition) is 0. The molecule has 134 valence electrons. The average molecular weight is 366 g/mol. The smallest absolute Gasteiger partial charge is 0.188 e. The van der Waals surface area contributed by atoms with Gasteiger partial charge in [0, 0.05) is 13.0 Å². The van der Waals surface area contributed by atoms with E-state index in [1.54, 1.807) is 11.3 Å². The Balaban J connectivity index is 1.53. The number of carbonyl (C=O) groups is 1. The monoisotopic (exact) mass is 366 g/mol. The molecule has 1 aromatic carbocycles. The Labute approximate surface area is 157 Å². The minimum atomic E-state index is -0.0614. The van der Waals surface area contributed by atoms with Crippen molar-refractivity contribution in [1.82, 2.24) is 15.0 Å². The summed E-state index contributed by atoms with van der Waals surface area (Å²) >= 11 is 1.60. The summed E-state index contributed by atoms with van der Waals surface area (Å²) in [5, 5.41) is 0.901. The van der Waals surface area contributed by atoms with Crippen molar-refractivity contribution < 1.29 is 4.79 Å². The van der Waals surface area contributed by atoms with E-state index in [0.717, 1.165) is 52.8 Å². The largest absolute Gasteiger partial charge is 0.338 e. The second kappa shape index (κ2) is 7.11. The van der Waals surface area contributed by atoms with E-state index in [2.05, 4.69) is 27.0 Å². The first kappa shape index (κ1) is 17.1. The molecule has 0 amide bonds. The number of rotatable bonds is 5. The summed E-state index contributed by atoms with van der Waals surface area (Å²) in [6.07, 6.45) is 3.32. The highest BCUT2D eigenvalue weighted by Gasteiger charge is 2.32. The second-order valence-electron chi connectivity index (χ2n) is 6.81. The number of anilines is 1. The van der Waals surface area contributed by atoms with E-state index in [1.807, 2.05) is 32.0 Å². The van der Waals surface area contributed by atoms with Crippen LogP contribution in [-0.2, 0) is 11.2 Å². The number of aryl methyl sites for hydroxylation is 3. The Hall–Kier alpha value is -2.34. The summed E-state index contributed by atoms with van der Waals surface area (Å²) in [5.74, 6) is 1.05. The van der Waals surface area contributed by atoms with Gasteiger partial charge in [0.15, 0.2) is 16.6 Å². The number of thiazole rings is 1. The molecule has 0 N–H and O–H groups in total. The molecule has 1 aliphatic rings. The van der Waals surface area contributed by atoms with Crippen molar-refractivity contribution in [3.8, 4) is 0 Å². The lowest BCUT2D eigenvalue weighted by atomic mass is 10.0. The summed E-state index contributed by atoms with van der Waals surface area (Å²) < 4.78 is 1.02. The number of ketones is 1. The first-order valence-corrected chi connectivity index (χ1v) is 9.88. The van der Waals surface area contributed by atoms with E-state index < -0.39 is 0 Å². The lowest BCUT2D eigenvalue weighted by Crippen LogP contribution is -2.36. The number of Topliss-reactive ketones (excluding diaryl/α,β-unsaturated/α-hetero) is 1. The molecule has 0 unspecified atom stereocenters. The van der Waals surface area contributed by atoms with Gasteiger partial charge in [0.25, 0.3) is 0 Å². The van der Waals surface area contributed by atoms with Crippen molar-refractivity contribution in [2.75, 3.05) is 11.4 Å². The quantitative estimate of drug-likeness (QED) is 0.686. The van der Waals surface area contributed by atoms with Crippen LogP contribution in [0.4, 0.5) is 5.13 Å². The Morgan fingerprint density at radius 1 is 1.19 bits per heavy atom. The zero-order chi connectivity index (χ0) is 18.1. The maximum atomic E-state index is 12.8. The fraction of sp³-hybridized carbons (Fsp3) is 0.400. The highest BCUT2D eigenvalue weighted by Crippen LogP contribution is 2.34. The zero-order valence-electron chi connectivity index (χ0n) is 15.1. The Morgan fingerprint density at radius 2 is 2.00 bits per heavy atom. The van der Waals surface area contributed by atoms with Gasteiger partial charge >= 0.3 is 0 Å². The van der Waals surface area contributed by atoms with Crippen LogP contribution in [-0.4, -0.2) is 33.3 Å². The summed E-state index contributed by atoms with van der Waals surface area (Å²) in [5.41, 5.74) is 2.92. The van der Waals surface area contributed by atoms with Crippen LogP contribution in [0.5, 0.6) is 0 Å². The standard InChI is InChI=1S/C20H22N4OS/c1-13-18-19(22-14(2)21-13)23-20(26-18)24-12-6-9-16(24)17(25)11-10-15-7-4-3-5-8-15/h3-5,7-8,16H,6,9-12H2,1-2H3/t16-/m1/s1. The molecule has 4 rings (SSSR count). The Morgan fingerprint density at radius 3 is 2.81 bits per heavy atom. The van der Waals surface area contributed by atoms with E-state index in [9.17, 15) is 4.79 Å². The molecular weight excluding hydrogens is 344 g/mol. The summed E-state index contributed by atoms with van der Waals surface area (Å²) in [7, 11) is 0. The molecular formula is C20H22N4OS. The average Bonchev–Trinajstić information content (AvgIpc) is 3.27. The predicted molar refractivity (Wildman–Crippen MR) is 105 cm³/mol. The van der Waals surface area contributed by atoms with Gasteiger partial charge in [-0.15, -0.1) is 0 Å². The number of aromatic nitrogens is 3. The fourth-order valence-corrected chi connectivity index (χ4v) is 4.64. The van der Waals surface area contributed by atoms with Crippen LogP contribution >= 0.6 is 11.3 Å². The van der Waals surface area contributed by atoms with E-state index >= 15 is 0 Å². The highest BCUT2D eigenvalue weighted by molar-refractivity contribution is 7.22. The SMILES string of the molecule is Cc1nc(C)c2sc(N3CCC[C@@H]3C(=O)CCc3ccccc3)nc2n1. The molecule has 6 heteroatoms. The van der Waals surface area contributed by atoms with Gasteiger partial charge in [-0.25, -0.2) is 9.97 Å². The van der Waals surface area contributed by atoms with Crippen molar-refractivity contribution in [3.05, 3.63) is 47.4 Å². The topological polar surface area (TPSA) is 59.0 Å². The second-order valence-corrected chi connectivity index (χ2v) is 7.79. The minimum absolute atomic E-state index is 0.0614. The third kappa shape index (κ3) is 3.33. The molecule has 5 nitrogen and oxygen atoms in total. The van der Waals surface area contributed by atoms with Gasteiger partial charge in [-0.05, 0) is 38.7 Å². The zero-order valence-corrected chi connectivity index (χ0v) is 15.9. The first-order chi connectivity index (χ1) is 12.6. The molecule has 0 saturated carbocycles. The van der Waals surface area contributed by atoms with Crippen molar-refractivity contribution in [3.63, 3.8) is 0 Å². The van der Waals surface area contributed by atoms with Gasteiger partial charge in [-0.3, -0.25) is 4.79 Å². The lowest BCUT2D eigenvalue weighted by Gasteiger charge is -2.22. The third-order valence-electron chi connectivity index (χ3n) is 4.90. The van der Waals surface area contributed by atoms with Gasteiger partial charge in [-0.2, -0.15) is 4.98 Å². The number of carbonyl (C=O) groups excluding carboxylic acids is 1. The minimum Gasteiger partial charge on any atom is -0.338 e. The molecule has 26 heavy (non-hydrogen) atoms. The summed E-state index contributed by atoms with van der Waals surface area (Å²) in [6.45, 7) is 4.76. The lowest BCUT2D eigenvalue weighted by molar-refractivity contribution is -0.120. The molecule has 0 aliphatic carbocycles. The van der Waals surface area contributed by atoms with Crippen molar-refractivity contribution in [2.45, 2.75) is 45.6 Å². The van der Waals surface area contributed by atoms with E-state index in [-0.39, 0.29) is 6.04 Å². The number of fused-ring (bicyclic) bond motifs is 1. The number of benzene rings is 1. The van der Waals surface area contributed by atoms with Gasteiger partial charge in [-0.1, -0.05) is 41.7 Å². The molecule has 0 spiro atoms. The van der Waals surface area contributed by atoms with Crippen LogP contribution < -0.4 is 4.90 Å². The van der Waals surface area contributed by atoms with Crippen LogP contribution in [0.2, 0.25) is 0 Å². The van der Waals surface area contributed by atoms with Crippen LogP contribution in [0, 0.1) is 13.8 Å². The van der Waals surface area contributed by atoms with Crippen LogP contribution in [0.25, 0.3) is 10.3 Å². The van der Waals surface area contributed by atoms with Gasteiger partial charge in [0.2, 0.25) is 0 Å². The van der Waals surface area contributed by atoms with Crippen molar-refractivity contribution in [1.29, 1.82) is 0 Å². The van der Waals surface area contributed by atoms with Gasteiger partial charge in [0.05, 0.1) is 16.4 Å². The van der Waals surface area contributed by atoms with Crippen molar-refractivity contribution >= 4 is 32.6 Å². The first-order valence-electron chi connectivity index (χ1n) is 9.07. The molecule has 1 aliphatic heterocycles. The molecule has 2 aromatic heterocycles. The number of nitrogens with zero attached hydrogens (tertiary/aromatic N) is 4. The molecule has 1 atom stereocenters. The number of hydrogen-bond acceptors (Lipinski definition) is 6. The predicted octanol–water partition coefficient (Wildman–Crippen LogP) is 3.87. The maximum Gasteiger partial charge on any atom is 0.188 e. The molecule has 3 aromatic rings.